The molecule has 2 fully saturated rings. The van der Waals surface area contributed by atoms with Gasteiger partial charge in [-0.3, -0.25) is 9.59 Å². The Morgan fingerprint density at radius 3 is 2.34 bits per heavy atom. The lowest BCUT2D eigenvalue weighted by molar-refractivity contribution is -0.136. The third-order valence-corrected chi connectivity index (χ3v) is 6.67. The molecule has 2 N–H and O–H groups in total. The number of β-amino-alcohol motifs (C(OH)–C–C–N with tert-alkyl or cyclic N) is 1. The van der Waals surface area contributed by atoms with Crippen molar-refractivity contribution in [3.63, 3.8) is 0 Å². The summed E-state index contributed by atoms with van der Waals surface area (Å²) in [5.41, 5.74) is 1.42. The first kappa shape index (κ1) is 24.7. The molecule has 3 amide bonds. The third kappa shape index (κ3) is 5.65. The van der Waals surface area contributed by atoms with Crippen molar-refractivity contribution in [1.82, 2.24) is 15.1 Å². The molecule has 0 radical (unpaired) electrons. The molecule has 0 saturated carbocycles. The van der Waals surface area contributed by atoms with Crippen LogP contribution in [0.4, 0.5) is 4.79 Å². The van der Waals surface area contributed by atoms with Gasteiger partial charge in [0.25, 0.3) is 5.91 Å². The topological polar surface area (TPSA) is 99.2 Å². The van der Waals surface area contributed by atoms with Gasteiger partial charge in [-0.2, -0.15) is 0 Å². The summed E-state index contributed by atoms with van der Waals surface area (Å²) in [7, 11) is 0. The van der Waals surface area contributed by atoms with Gasteiger partial charge in [0.15, 0.2) is 0 Å². The van der Waals surface area contributed by atoms with Gasteiger partial charge in [-0.05, 0) is 36.5 Å². The number of ether oxygens (including phenoxy) is 1. The number of fused-ring (bicyclic) bond motifs is 1. The van der Waals surface area contributed by atoms with Crippen molar-refractivity contribution < 1.29 is 24.2 Å². The maximum atomic E-state index is 13.6. The van der Waals surface area contributed by atoms with Crippen molar-refractivity contribution in [2.75, 3.05) is 13.1 Å². The first-order chi connectivity index (χ1) is 16.8. The molecule has 0 aliphatic carbocycles. The Bertz CT molecular complexity index is 1030. The van der Waals surface area contributed by atoms with E-state index in [9.17, 15) is 19.5 Å². The molecule has 8 nitrogen and oxygen atoms in total. The lowest BCUT2D eigenvalue weighted by Crippen LogP contribution is -2.53. The van der Waals surface area contributed by atoms with Crippen molar-refractivity contribution in [3.8, 4) is 0 Å². The van der Waals surface area contributed by atoms with E-state index in [0.29, 0.717) is 24.9 Å². The van der Waals surface area contributed by atoms with Crippen LogP contribution in [0.2, 0.25) is 0 Å². The standard InChI is InChI=1S/C27H33N3O5/c1-18(2)15-21(28-27(34)35-17-19-9-5-3-6-10-19)26(33)29-14-13-22-24(29)23(31)16-30(22)25(32)20-11-7-4-8-12-20/h3-12,18,21-24,31H,13-17H2,1-2H3,(H,28,34)/t21-,22?,23-,24?/m0/s1. The molecule has 0 spiro atoms. The molecule has 4 rings (SSSR count). The molecule has 2 aliphatic heterocycles. The summed E-state index contributed by atoms with van der Waals surface area (Å²) in [5, 5.41) is 13.6. The Balaban J connectivity index is 1.43. The van der Waals surface area contributed by atoms with Gasteiger partial charge in [-0.1, -0.05) is 62.4 Å². The molecule has 2 saturated heterocycles. The molecule has 2 unspecified atom stereocenters. The number of hydrogen-bond acceptors (Lipinski definition) is 5. The number of nitrogens with zero attached hydrogens (tertiary/aromatic N) is 2. The van der Waals surface area contributed by atoms with Crippen LogP contribution in [0.15, 0.2) is 60.7 Å². The van der Waals surface area contributed by atoms with E-state index in [-0.39, 0.29) is 36.9 Å². The van der Waals surface area contributed by atoms with Crippen molar-refractivity contribution in [3.05, 3.63) is 71.8 Å². The maximum absolute atomic E-state index is 13.6. The highest BCUT2D eigenvalue weighted by Crippen LogP contribution is 2.33. The molecule has 0 aromatic heterocycles. The highest BCUT2D eigenvalue weighted by molar-refractivity contribution is 5.95. The van der Waals surface area contributed by atoms with Gasteiger partial charge in [-0.25, -0.2) is 4.79 Å². The fourth-order valence-electron chi connectivity index (χ4n) is 5.09. The second-order valence-corrected chi connectivity index (χ2v) is 9.66. The molecule has 4 atom stereocenters. The van der Waals surface area contributed by atoms with Gasteiger partial charge in [0.2, 0.25) is 5.91 Å². The van der Waals surface area contributed by atoms with Gasteiger partial charge >= 0.3 is 6.09 Å². The van der Waals surface area contributed by atoms with Crippen LogP contribution in [0.3, 0.4) is 0 Å². The molecule has 186 valence electrons. The van der Waals surface area contributed by atoms with Crippen molar-refractivity contribution in [2.45, 2.75) is 57.5 Å². The molecular weight excluding hydrogens is 446 g/mol. The summed E-state index contributed by atoms with van der Waals surface area (Å²) >= 11 is 0. The second kappa shape index (κ2) is 10.9. The Labute approximate surface area is 205 Å². The molecule has 2 heterocycles. The van der Waals surface area contributed by atoms with Crippen LogP contribution < -0.4 is 5.32 Å². The zero-order valence-electron chi connectivity index (χ0n) is 20.2. The van der Waals surface area contributed by atoms with Crippen LogP contribution in [0.5, 0.6) is 0 Å². The Kier molecular flexibility index (Phi) is 7.70. The zero-order valence-corrected chi connectivity index (χ0v) is 20.2. The van der Waals surface area contributed by atoms with Crippen molar-refractivity contribution >= 4 is 17.9 Å². The summed E-state index contributed by atoms with van der Waals surface area (Å²) in [6.07, 6.45) is -0.477. The average molecular weight is 480 g/mol. The normalized spacial score (nSPS) is 22.1. The van der Waals surface area contributed by atoms with E-state index in [1.165, 1.54) is 0 Å². The molecule has 35 heavy (non-hydrogen) atoms. The Morgan fingerprint density at radius 2 is 1.69 bits per heavy atom. The number of aliphatic hydroxyl groups excluding tert-OH is 1. The number of hydrogen-bond donors (Lipinski definition) is 2. The monoisotopic (exact) mass is 479 g/mol. The van der Waals surface area contributed by atoms with E-state index in [4.69, 9.17) is 4.74 Å². The van der Waals surface area contributed by atoms with E-state index in [1.807, 2.05) is 50.2 Å². The third-order valence-electron chi connectivity index (χ3n) is 6.67. The summed E-state index contributed by atoms with van der Waals surface area (Å²) in [6, 6.07) is 16.8. The number of alkyl carbamates (subject to hydrolysis) is 1. The lowest BCUT2D eigenvalue weighted by atomic mass is 10.0. The molecular formula is C27H33N3O5. The molecule has 2 aromatic rings. The van der Waals surface area contributed by atoms with Crippen LogP contribution in [-0.2, 0) is 16.1 Å². The summed E-state index contributed by atoms with van der Waals surface area (Å²) < 4.78 is 5.34. The zero-order chi connectivity index (χ0) is 24.9. The fraction of sp³-hybridized carbons (Fsp3) is 0.444. The number of likely N-dealkylation sites (tertiary alicyclic amines) is 2. The van der Waals surface area contributed by atoms with Crippen LogP contribution in [0, 0.1) is 5.92 Å². The van der Waals surface area contributed by atoms with Gasteiger partial charge in [-0.15, -0.1) is 0 Å². The van der Waals surface area contributed by atoms with Gasteiger partial charge < -0.3 is 25.0 Å². The minimum Gasteiger partial charge on any atom is -0.445 e. The molecule has 2 aromatic carbocycles. The van der Waals surface area contributed by atoms with Crippen molar-refractivity contribution in [2.24, 2.45) is 5.92 Å². The Morgan fingerprint density at radius 1 is 1.03 bits per heavy atom. The van der Waals surface area contributed by atoms with Gasteiger partial charge in [0.1, 0.15) is 12.6 Å². The summed E-state index contributed by atoms with van der Waals surface area (Å²) in [4.78, 5) is 42.5. The van der Waals surface area contributed by atoms with Gasteiger partial charge in [0.05, 0.1) is 18.2 Å². The van der Waals surface area contributed by atoms with E-state index in [1.54, 1.807) is 34.1 Å². The van der Waals surface area contributed by atoms with Crippen LogP contribution in [-0.4, -0.2) is 70.1 Å². The van der Waals surface area contributed by atoms with Crippen LogP contribution in [0.1, 0.15) is 42.6 Å². The fourth-order valence-corrected chi connectivity index (χ4v) is 5.09. The number of carbonyl (C=O) groups is 3. The number of aliphatic hydroxyl groups is 1. The second-order valence-electron chi connectivity index (χ2n) is 9.66. The summed E-state index contributed by atoms with van der Waals surface area (Å²) in [5.74, 6) is -0.245. The molecule has 0 bridgehead atoms. The predicted molar refractivity (Wildman–Crippen MR) is 130 cm³/mol. The molecule has 8 heteroatoms. The van der Waals surface area contributed by atoms with Crippen LogP contribution >= 0.6 is 0 Å². The number of amides is 3. The number of carbonyl (C=O) groups excluding carboxylic acids is 3. The smallest absolute Gasteiger partial charge is 0.408 e. The van der Waals surface area contributed by atoms with E-state index >= 15 is 0 Å². The minimum atomic E-state index is -0.844. The SMILES string of the molecule is CC(C)C[C@H](NC(=O)OCc1ccccc1)C(=O)N1CCC2C1[C@@H](O)CN2C(=O)c1ccccc1. The van der Waals surface area contributed by atoms with Crippen molar-refractivity contribution in [1.29, 1.82) is 0 Å². The first-order valence-electron chi connectivity index (χ1n) is 12.2. The highest BCUT2D eigenvalue weighted by Gasteiger charge is 2.52. The molecule has 2 aliphatic rings. The van der Waals surface area contributed by atoms with E-state index in [2.05, 4.69) is 5.32 Å². The Hall–Kier alpha value is -3.39. The first-order valence-corrected chi connectivity index (χ1v) is 12.2. The summed E-state index contributed by atoms with van der Waals surface area (Å²) in [6.45, 7) is 4.66. The number of benzene rings is 2. The van der Waals surface area contributed by atoms with E-state index < -0.39 is 24.3 Å². The number of rotatable bonds is 7. The average Bonchev–Trinajstić information content (AvgIpc) is 3.44. The maximum Gasteiger partial charge on any atom is 0.408 e. The lowest BCUT2D eigenvalue weighted by Gasteiger charge is -2.30. The van der Waals surface area contributed by atoms with E-state index in [0.717, 1.165) is 5.56 Å². The minimum absolute atomic E-state index is 0.110. The largest absolute Gasteiger partial charge is 0.445 e. The quantitative estimate of drug-likeness (QED) is 0.636. The van der Waals surface area contributed by atoms with Crippen LogP contribution in [0.25, 0.3) is 0 Å². The predicted octanol–water partition coefficient (Wildman–Crippen LogP) is 2.81. The van der Waals surface area contributed by atoms with Gasteiger partial charge in [0, 0.05) is 18.7 Å². The highest BCUT2D eigenvalue weighted by atomic mass is 16.5. The number of nitrogens with one attached hydrogen (secondary N) is 1.